The third kappa shape index (κ3) is 4.83. The molecule has 1 fully saturated rings. The maximum atomic E-state index is 12.7. The lowest BCUT2D eigenvalue weighted by molar-refractivity contribution is -0.116. The number of hydrogen-bond acceptors (Lipinski definition) is 3. The lowest BCUT2D eigenvalue weighted by atomic mass is 10.1. The number of hydrogen-bond donors (Lipinski definition) is 1. The minimum Gasteiger partial charge on any atom is -0.326 e. The van der Waals surface area contributed by atoms with Crippen LogP contribution < -0.4 is 10.2 Å². The van der Waals surface area contributed by atoms with Crippen LogP contribution in [0.5, 0.6) is 0 Å². The van der Waals surface area contributed by atoms with Crippen molar-refractivity contribution in [3.63, 3.8) is 0 Å². The van der Waals surface area contributed by atoms with Gasteiger partial charge >= 0.3 is 0 Å². The maximum Gasteiger partial charge on any atom is 0.238 e. The molecular formula is C26H26N2O2S. The Hall–Kier alpha value is -3.05. The summed E-state index contributed by atoms with van der Waals surface area (Å²) in [5.74, 6) is 0.594. The molecule has 31 heavy (non-hydrogen) atoms. The van der Waals surface area contributed by atoms with E-state index in [9.17, 15) is 9.59 Å². The molecule has 1 heterocycles. The Balaban J connectivity index is 1.44. The highest BCUT2D eigenvalue weighted by molar-refractivity contribution is 8.00. The minimum atomic E-state index is -0.0594. The fraction of sp³-hybridized carbons (Fsp3) is 0.231. The molecule has 4 rings (SSSR count). The van der Waals surface area contributed by atoms with Gasteiger partial charge in [0.25, 0.3) is 0 Å². The van der Waals surface area contributed by atoms with E-state index in [2.05, 4.69) is 25.2 Å². The topological polar surface area (TPSA) is 49.4 Å². The van der Waals surface area contributed by atoms with Crippen LogP contribution in [-0.4, -0.2) is 17.6 Å². The Morgan fingerprint density at radius 3 is 2.48 bits per heavy atom. The van der Waals surface area contributed by atoms with E-state index >= 15 is 0 Å². The standard InChI is InChI=1S/C26H26N2O2S/c1-18-7-6-10-23(19(18)2)28-25(30)17-31-26(28)21-12-14-22(15-13-21)27-24(29)16-11-20-8-4-3-5-9-20/h3-10,12-15,26H,11,16-17H2,1-2H3,(H,27,29)/t26-/m1/s1. The molecule has 0 bridgehead atoms. The Labute approximate surface area is 187 Å². The molecule has 3 aromatic rings. The molecule has 3 aromatic carbocycles. The van der Waals surface area contributed by atoms with Crippen molar-refractivity contribution in [1.29, 1.82) is 0 Å². The Morgan fingerprint density at radius 1 is 1.00 bits per heavy atom. The van der Waals surface area contributed by atoms with Gasteiger partial charge in [0, 0.05) is 17.8 Å². The highest BCUT2D eigenvalue weighted by Gasteiger charge is 2.34. The van der Waals surface area contributed by atoms with Crippen molar-refractivity contribution in [3.8, 4) is 0 Å². The molecule has 0 aromatic heterocycles. The number of thioether (sulfide) groups is 1. The van der Waals surface area contributed by atoms with Gasteiger partial charge in [0.15, 0.2) is 0 Å². The summed E-state index contributed by atoms with van der Waals surface area (Å²) < 4.78 is 0. The van der Waals surface area contributed by atoms with E-state index in [4.69, 9.17) is 0 Å². The zero-order chi connectivity index (χ0) is 21.8. The highest BCUT2D eigenvalue weighted by atomic mass is 32.2. The summed E-state index contributed by atoms with van der Waals surface area (Å²) in [7, 11) is 0. The smallest absolute Gasteiger partial charge is 0.238 e. The molecular weight excluding hydrogens is 404 g/mol. The van der Waals surface area contributed by atoms with Crippen LogP contribution in [0.25, 0.3) is 0 Å². The van der Waals surface area contributed by atoms with E-state index in [1.165, 1.54) is 5.56 Å². The molecule has 1 aliphatic rings. The van der Waals surface area contributed by atoms with E-state index in [0.29, 0.717) is 12.2 Å². The fourth-order valence-corrected chi connectivity index (χ4v) is 4.95. The molecule has 5 heteroatoms. The number of benzene rings is 3. The number of anilines is 2. The molecule has 1 N–H and O–H groups in total. The first-order valence-electron chi connectivity index (χ1n) is 10.5. The molecule has 4 nitrogen and oxygen atoms in total. The molecule has 0 aliphatic carbocycles. The summed E-state index contributed by atoms with van der Waals surface area (Å²) in [5, 5.41) is 2.91. The first-order valence-corrected chi connectivity index (χ1v) is 11.5. The summed E-state index contributed by atoms with van der Waals surface area (Å²) in [6.45, 7) is 4.13. The second kappa shape index (κ2) is 9.40. The quantitative estimate of drug-likeness (QED) is 0.549. The first-order chi connectivity index (χ1) is 15.0. The van der Waals surface area contributed by atoms with Gasteiger partial charge in [-0.15, -0.1) is 11.8 Å². The Bertz CT molecular complexity index is 1080. The van der Waals surface area contributed by atoms with E-state index < -0.39 is 0 Å². The summed E-state index contributed by atoms with van der Waals surface area (Å²) >= 11 is 1.64. The number of carbonyl (C=O) groups is 2. The van der Waals surface area contributed by atoms with Gasteiger partial charge < -0.3 is 5.32 Å². The maximum absolute atomic E-state index is 12.7. The number of rotatable bonds is 6. The molecule has 1 atom stereocenters. The summed E-state index contributed by atoms with van der Waals surface area (Å²) in [4.78, 5) is 26.9. The highest BCUT2D eigenvalue weighted by Crippen LogP contribution is 2.43. The van der Waals surface area contributed by atoms with Gasteiger partial charge in [-0.25, -0.2) is 0 Å². The minimum absolute atomic E-state index is 0.000894. The van der Waals surface area contributed by atoms with Crippen molar-refractivity contribution in [2.24, 2.45) is 0 Å². The summed E-state index contributed by atoms with van der Waals surface area (Å²) in [6, 6.07) is 23.9. The second-order valence-corrected chi connectivity index (χ2v) is 8.87. The zero-order valence-electron chi connectivity index (χ0n) is 17.8. The van der Waals surface area contributed by atoms with E-state index in [1.54, 1.807) is 11.8 Å². The number of nitrogens with zero attached hydrogens (tertiary/aromatic N) is 1. The molecule has 1 aliphatic heterocycles. The van der Waals surface area contributed by atoms with Gasteiger partial charge in [-0.05, 0) is 60.7 Å². The third-order valence-corrected chi connectivity index (χ3v) is 6.88. The van der Waals surface area contributed by atoms with Crippen molar-refractivity contribution >= 4 is 35.0 Å². The number of carbonyl (C=O) groups excluding carboxylic acids is 2. The predicted molar refractivity (Wildman–Crippen MR) is 128 cm³/mol. The van der Waals surface area contributed by atoms with Gasteiger partial charge in [-0.2, -0.15) is 0 Å². The van der Waals surface area contributed by atoms with E-state index in [1.807, 2.05) is 71.6 Å². The molecule has 158 valence electrons. The van der Waals surface area contributed by atoms with Crippen molar-refractivity contribution in [3.05, 3.63) is 95.1 Å². The van der Waals surface area contributed by atoms with Crippen molar-refractivity contribution in [2.75, 3.05) is 16.0 Å². The lowest BCUT2D eigenvalue weighted by Crippen LogP contribution is -2.28. The molecule has 2 amide bonds. The van der Waals surface area contributed by atoms with Crippen molar-refractivity contribution < 1.29 is 9.59 Å². The number of nitrogens with one attached hydrogen (secondary N) is 1. The largest absolute Gasteiger partial charge is 0.326 e. The van der Waals surface area contributed by atoms with Crippen LogP contribution in [0, 0.1) is 13.8 Å². The van der Waals surface area contributed by atoms with Crippen LogP contribution in [0.15, 0.2) is 72.8 Å². The van der Waals surface area contributed by atoms with Gasteiger partial charge in [0.05, 0.1) is 5.75 Å². The third-order valence-electron chi connectivity index (χ3n) is 5.67. The van der Waals surface area contributed by atoms with Crippen LogP contribution in [0.4, 0.5) is 11.4 Å². The molecule has 0 radical (unpaired) electrons. The van der Waals surface area contributed by atoms with Gasteiger partial charge in [0.1, 0.15) is 5.37 Å². The fourth-order valence-electron chi connectivity index (χ4n) is 3.78. The normalized spacial score (nSPS) is 15.9. The molecule has 0 unspecified atom stereocenters. The molecule has 1 saturated heterocycles. The zero-order valence-corrected chi connectivity index (χ0v) is 18.6. The van der Waals surface area contributed by atoms with Crippen LogP contribution in [0.3, 0.4) is 0 Å². The van der Waals surface area contributed by atoms with Crippen LogP contribution in [-0.2, 0) is 16.0 Å². The van der Waals surface area contributed by atoms with Crippen molar-refractivity contribution in [1.82, 2.24) is 0 Å². The van der Waals surface area contributed by atoms with Gasteiger partial charge in [0.2, 0.25) is 11.8 Å². The average molecular weight is 431 g/mol. The van der Waals surface area contributed by atoms with E-state index in [0.717, 1.165) is 34.5 Å². The monoisotopic (exact) mass is 430 g/mol. The number of aryl methyl sites for hydroxylation is 2. The molecule has 0 spiro atoms. The van der Waals surface area contributed by atoms with Gasteiger partial charge in [-0.1, -0.05) is 54.6 Å². The SMILES string of the molecule is Cc1cccc(N2C(=O)CS[C@@H]2c2ccc(NC(=O)CCc3ccccc3)cc2)c1C. The predicted octanol–water partition coefficient (Wildman–Crippen LogP) is 5.65. The van der Waals surface area contributed by atoms with E-state index in [-0.39, 0.29) is 17.2 Å². The lowest BCUT2D eigenvalue weighted by Gasteiger charge is -2.26. The van der Waals surface area contributed by atoms with Crippen LogP contribution >= 0.6 is 11.8 Å². The summed E-state index contributed by atoms with van der Waals surface area (Å²) in [6.07, 6.45) is 1.16. The van der Waals surface area contributed by atoms with Crippen molar-refractivity contribution in [2.45, 2.75) is 32.1 Å². The average Bonchev–Trinajstić information content (AvgIpc) is 3.16. The van der Waals surface area contributed by atoms with Gasteiger partial charge in [-0.3, -0.25) is 14.5 Å². The van der Waals surface area contributed by atoms with Crippen LogP contribution in [0.1, 0.15) is 34.0 Å². The van der Waals surface area contributed by atoms with Crippen LogP contribution in [0.2, 0.25) is 0 Å². The summed E-state index contributed by atoms with van der Waals surface area (Å²) in [5.41, 5.74) is 6.26. The Kier molecular flexibility index (Phi) is 6.42. The second-order valence-electron chi connectivity index (χ2n) is 7.80. The Morgan fingerprint density at radius 2 is 1.74 bits per heavy atom. The first kappa shape index (κ1) is 21.2. The molecule has 0 saturated carbocycles. The number of amides is 2.